The third kappa shape index (κ3) is 1.70. The first-order valence-electron chi connectivity index (χ1n) is 7.75. The third-order valence-electron chi connectivity index (χ3n) is 4.61. The third-order valence-corrected chi connectivity index (χ3v) is 4.61. The molecule has 21 heavy (non-hydrogen) atoms. The average molecular weight is 273 g/mol. The molecule has 0 heterocycles. The van der Waals surface area contributed by atoms with Crippen molar-refractivity contribution < 1.29 is 0 Å². The van der Waals surface area contributed by atoms with Gasteiger partial charge in [0.1, 0.15) is 0 Å². The van der Waals surface area contributed by atoms with Gasteiger partial charge in [-0.2, -0.15) is 0 Å². The fourth-order valence-electron chi connectivity index (χ4n) is 3.56. The Hall–Kier alpha value is -2.28. The number of rotatable bonds is 3. The summed E-state index contributed by atoms with van der Waals surface area (Å²) in [6.45, 7) is 6.53. The van der Waals surface area contributed by atoms with Gasteiger partial charge in [0.2, 0.25) is 0 Å². The highest BCUT2D eigenvalue weighted by Gasteiger charge is 2.12. The van der Waals surface area contributed by atoms with Gasteiger partial charge in [0.05, 0.1) is 0 Å². The second-order valence-electron chi connectivity index (χ2n) is 5.61. The number of nitrogens with zero attached hydrogens (tertiary/aromatic N) is 1. The monoisotopic (exact) mass is 273 g/mol. The molecule has 0 unspecified atom stereocenters. The van der Waals surface area contributed by atoms with Gasteiger partial charge in [0.15, 0.2) is 0 Å². The highest BCUT2D eigenvalue weighted by molar-refractivity contribution is 6.25. The highest BCUT2D eigenvalue weighted by Crippen LogP contribution is 2.38. The first-order valence-corrected chi connectivity index (χ1v) is 7.75. The maximum atomic E-state index is 2.44. The second-order valence-corrected chi connectivity index (χ2v) is 5.61. The fourth-order valence-corrected chi connectivity index (χ4v) is 3.56. The summed E-state index contributed by atoms with van der Waals surface area (Å²) >= 11 is 0. The van der Waals surface area contributed by atoms with Crippen molar-refractivity contribution in [2.75, 3.05) is 18.0 Å². The summed E-state index contributed by atoms with van der Waals surface area (Å²) in [4.78, 5) is 2.44. The minimum Gasteiger partial charge on any atom is -0.372 e. The largest absolute Gasteiger partial charge is 0.372 e. The molecule has 0 aromatic heterocycles. The molecular weight excluding hydrogens is 254 g/mol. The van der Waals surface area contributed by atoms with Crippen molar-refractivity contribution in [2.24, 2.45) is 0 Å². The van der Waals surface area contributed by atoms with Crippen LogP contribution in [0.4, 0.5) is 5.69 Å². The summed E-state index contributed by atoms with van der Waals surface area (Å²) in [5.41, 5.74) is 1.35. The summed E-state index contributed by atoms with van der Waals surface area (Å²) in [6, 6.07) is 20.1. The van der Waals surface area contributed by atoms with E-state index in [0.717, 1.165) is 13.1 Å². The van der Waals surface area contributed by atoms with Crippen LogP contribution in [-0.2, 0) is 0 Å². The SMILES string of the molecule is CCN(CC)c1ccc2ccc3cccc4ccc1c2c34. The van der Waals surface area contributed by atoms with Crippen molar-refractivity contribution in [1.29, 1.82) is 0 Å². The number of anilines is 1. The summed E-state index contributed by atoms with van der Waals surface area (Å²) in [5.74, 6) is 0. The van der Waals surface area contributed by atoms with Crippen LogP contribution in [0.2, 0.25) is 0 Å². The first kappa shape index (κ1) is 12.5. The smallest absolute Gasteiger partial charge is 0.0446 e. The summed E-state index contributed by atoms with van der Waals surface area (Å²) in [5, 5.41) is 8.20. The van der Waals surface area contributed by atoms with Gasteiger partial charge in [-0.1, -0.05) is 48.5 Å². The van der Waals surface area contributed by atoms with E-state index in [1.54, 1.807) is 0 Å². The molecule has 0 spiro atoms. The Labute approximate surface area is 125 Å². The van der Waals surface area contributed by atoms with E-state index in [9.17, 15) is 0 Å². The van der Waals surface area contributed by atoms with Crippen LogP contribution < -0.4 is 4.90 Å². The maximum absolute atomic E-state index is 2.44. The molecule has 0 aliphatic rings. The molecular formula is C20H19N. The van der Waals surface area contributed by atoms with Crippen LogP contribution >= 0.6 is 0 Å². The van der Waals surface area contributed by atoms with Crippen LogP contribution in [0.5, 0.6) is 0 Å². The normalized spacial score (nSPS) is 11.7. The standard InChI is InChI=1S/C20H19N/c1-3-21(4-2)18-13-11-16-9-8-14-6-5-7-15-10-12-17(18)20(16)19(14)15/h5-13H,3-4H2,1-2H3. The molecule has 1 heteroatoms. The lowest BCUT2D eigenvalue weighted by Crippen LogP contribution is -2.21. The minimum absolute atomic E-state index is 1.04. The predicted octanol–water partition coefficient (Wildman–Crippen LogP) is 5.43. The molecule has 4 aromatic carbocycles. The summed E-state index contributed by atoms with van der Waals surface area (Å²) in [7, 11) is 0. The van der Waals surface area contributed by atoms with Crippen LogP contribution in [0, 0.1) is 0 Å². The lowest BCUT2D eigenvalue weighted by Gasteiger charge is -2.24. The Morgan fingerprint density at radius 3 is 1.90 bits per heavy atom. The predicted molar refractivity (Wildman–Crippen MR) is 93.7 cm³/mol. The van der Waals surface area contributed by atoms with Gasteiger partial charge in [-0.15, -0.1) is 0 Å². The molecule has 0 saturated heterocycles. The molecule has 0 aliphatic carbocycles. The van der Waals surface area contributed by atoms with E-state index in [1.807, 2.05) is 0 Å². The van der Waals surface area contributed by atoms with Crippen LogP contribution in [0.15, 0.2) is 54.6 Å². The molecule has 0 fully saturated rings. The van der Waals surface area contributed by atoms with Crippen LogP contribution in [0.25, 0.3) is 32.3 Å². The molecule has 0 N–H and O–H groups in total. The van der Waals surface area contributed by atoms with Gasteiger partial charge in [-0.05, 0) is 46.8 Å². The van der Waals surface area contributed by atoms with Crippen molar-refractivity contribution in [3.05, 3.63) is 54.6 Å². The van der Waals surface area contributed by atoms with Crippen LogP contribution in [0.3, 0.4) is 0 Å². The van der Waals surface area contributed by atoms with Gasteiger partial charge in [-0.3, -0.25) is 0 Å². The lowest BCUT2D eigenvalue weighted by atomic mass is 9.93. The topological polar surface area (TPSA) is 3.24 Å². The van der Waals surface area contributed by atoms with E-state index in [1.165, 1.54) is 38.0 Å². The molecule has 104 valence electrons. The molecule has 0 atom stereocenters. The molecule has 0 amide bonds. The van der Waals surface area contributed by atoms with E-state index < -0.39 is 0 Å². The van der Waals surface area contributed by atoms with E-state index >= 15 is 0 Å². The first-order chi connectivity index (χ1) is 10.3. The Morgan fingerprint density at radius 2 is 1.24 bits per heavy atom. The Kier molecular flexibility index (Phi) is 2.75. The zero-order valence-corrected chi connectivity index (χ0v) is 12.6. The lowest BCUT2D eigenvalue weighted by molar-refractivity contribution is 0.871. The Bertz CT molecular complexity index is 903. The minimum atomic E-state index is 1.04. The second kappa shape index (κ2) is 4.63. The quantitative estimate of drug-likeness (QED) is 0.450. The van der Waals surface area contributed by atoms with E-state index in [2.05, 4.69) is 73.3 Å². The molecule has 4 rings (SSSR count). The van der Waals surface area contributed by atoms with Gasteiger partial charge >= 0.3 is 0 Å². The van der Waals surface area contributed by atoms with E-state index in [4.69, 9.17) is 0 Å². The van der Waals surface area contributed by atoms with Gasteiger partial charge in [0, 0.05) is 24.2 Å². The highest BCUT2D eigenvalue weighted by atomic mass is 15.1. The average Bonchev–Trinajstić information content (AvgIpc) is 2.55. The molecule has 0 bridgehead atoms. The molecule has 0 radical (unpaired) electrons. The number of hydrogen-bond acceptors (Lipinski definition) is 1. The van der Waals surface area contributed by atoms with E-state index in [-0.39, 0.29) is 0 Å². The van der Waals surface area contributed by atoms with E-state index in [0.29, 0.717) is 0 Å². The number of benzene rings is 4. The van der Waals surface area contributed by atoms with Crippen LogP contribution in [-0.4, -0.2) is 13.1 Å². The van der Waals surface area contributed by atoms with Crippen molar-refractivity contribution in [1.82, 2.24) is 0 Å². The van der Waals surface area contributed by atoms with Crippen molar-refractivity contribution >= 4 is 38.0 Å². The van der Waals surface area contributed by atoms with Crippen molar-refractivity contribution in [3.8, 4) is 0 Å². The zero-order chi connectivity index (χ0) is 14.4. The van der Waals surface area contributed by atoms with Gasteiger partial charge in [-0.25, -0.2) is 0 Å². The molecule has 0 aliphatic heterocycles. The Morgan fingerprint density at radius 1 is 0.667 bits per heavy atom. The summed E-state index contributed by atoms with van der Waals surface area (Å²) in [6.07, 6.45) is 0. The van der Waals surface area contributed by atoms with Gasteiger partial charge < -0.3 is 4.90 Å². The van der Waals surface area contributed by atoms with Gasteiger partial charge in [0.25, 0.3) is 0 Å². The molecule has 0 saturated carbocycles. The van der Waals surface area contributed by atoms with Crippen molar-refractivity contribution in [2.45, 2.75) is 13.8 Å². The van der Waals surface area contributed by atoms with Crippen LogP contribution in [0.1, 0.15) is 13.8 Å². The fraction of sp³-hybridized carbons (Fsp3) is 0.200. The molecule has 4 aromatic rings. The number of hydrogen-bond donors (Lipinski definition) is 0. The summed E-state index contributed by atoms with van der Waals surface area (Å²) < 4.78 is 0. The maximum Gasteiger partial charge on any atom is 0.0446 e. The van der Waals surface area contributed by atoms with Crippen molar-refractivity contribution in [3.63, 3.8) is 0 Å². The molecule has 1 nitrogen and oxygen atoms in total. The Balaban J connectivity index is 2.20. The zero-order valence-electron chi connectivity index (χ0n) is 12.6.